The van der Waals surface area contributed by atoms with Gasteiger partial charge in [-0.15, -0.1) is 0 Å². The van der Waals surface area contributed by atoms with Gasteiger partial charge in [-0.2, -0.15) is 0 Å². The molecule has 0 atom stereocenters. The second kappa shape index (κ2) is 5.71. The normalized spacial score (nSPS) is 10.3. The highest BCUT2D eigenvalue weighted by molar-refractivity contribution is 9.10. The molecule has 0 spiro atoms. The molecule has 0 fully saturated rings. The molecule has 0 N–H and O–H groups in total. The van der Waals surface area contributed by atoms with E-state index >= 15 is 0 Å². The molecule has 0 amide bonds. The first kappa shape index (κ1) is 12.7. The minimum Gasteiger partial charge on any atom is -0.487 e. The summed E-state index contributed by atoms with van der Waals surface area (Å²) in [6, 6.07) is 10.9. The van der Waals surface area contributed by atoms with Crippen molar-refractivity contribution in [2.75, 3.05) is 0 Å². The molecule has 88 valence electrons. The fraction of sp³-hybridized carbons (Fsp3) is 0.0833. The number of pyridine rings is 1. The van der Waals surface area contributed by atoms with Gasteiger partial charge < -0.3 is 4.74 Å². The molecule has 0 radical (unpaired) electrons. The smallest absolute Gasteiger partial charge is 0.132 e. The van der Waals surface area contributed by atoms with Gasteiger partial charge in [-0.1, -0.05) is 39.1 Å². The van der Waals surface area contributed by atoms with E-state index in [1.165, 1.54) is 0 Å². The molecule has 0 unspecified atom stereocenters. The van der Waals surface area contributed by atoms with Crippen molar-refractivity contribution >= 4 is 39.1 Å². The standard InChI is InChI=1S/C12H8BrCl2NO/c13-8-1-3-9(4-2-8)17-7-11-10(14)5-6-12(15)16-11/h1-6H,7H2. The van der Waals surface area contributed by atoms with Crippen molar-refractivity contribution in [1.29, 1.82) is 0 Å². The van der Waals surface area contributed by atoms with Crippen molar-refractivity contribution in [3.63, 3.8) is 0 Å². The molecule has 1 aromatic carbocycles. The van der Waals surface area contributed by atoms with E-state index in [9.17, 15) is 0 Å². The average Bonchev–Trinajstić information content (AvgIpc) is 2.32. The molecular weight excluding hydrogens is 325 g/mol. The van der Waals surface area contributed by atoms with Gasteiger partial charge in [0.05, 0.1) is 10.7 Å². The number of nitrogens with zero attached hydrogens (tertiary/aromatic N) is 1. The van der Waals surface area contributed by atoms with Crippen molar-refractivity contribution < 1.29 is 4.74 Å². The Morgan fingerprint density at radius 3 is 2.47 bits per heavy atom. The van der Waals surface area contributed by atoms with E-state index < -0.39 is 0 Å². The summed E-state index contributed by atoms with van der Waals surface area (Å²) in [5, 5.41) is 0.954. The van der Waals surface area contributed by atoms with Gasteiger partial charge in [-0.3, -0.25) is 0 Å². The summed E-state index contributed by atoms with van der Waals surface area (Å²) in [6.45, 7) is 0.293. The lowest BCUT2D eigenvalue weighted by atomic mass is 10.3. The Hall–Kier alpha value is -0.770. The van der Waals surface area contributed by atoms with Crippen molar-refractivity contribution in [2.24, 2.45) is 0 Å². The van der Waals surface area contributed by atoms with Crippen molar-refractivity contribution in [2.45, 2.75) is 6.61 Å². The zero-order valence-electron chi connectivity index (χ0n) is 8.66. The molecule has 1 aromatic heterocycles. The third-order valence-electron chi connectivity index (χ3n) is 2.07. The Labute approximate surface area is 118 Å². The molecule has 0 bridgehead atoms. The maximum atomic E-state index is 5.98. The van der Waals surface area contributed by atoms with Crippen LogP contribution in [0.4, 0.5) is 0 Å². The van der Waals surface area contributed by atoms with Crippen LogP contribution in [0.15, 0.2) is 40.9 Å². The Morgan fingerprint density at radius 2 is 1.76 bits per heavy atom. The molecule has 17 heavy (non-hydrogen) atoms. The maximum Gasteiger partial charge on any atom is 0.132 e. The van der Waals surface area contributed by atoms with E-state index in [2.05, 4.69) is 20.9 Å². The molecular formula is C12H8BrCl2NO. The van der Waals surface area contributed by atoms with E-state index in [1.807, 2.05) is 24.3 Å². The number of hydrogen-bond donors (Lipinski definition) is 0. The minimum atomic E-state index is 0.293. The van der Waals surface area contributed by atoms with Crippen LogP contribution >= 0.6 is 39.1 Å². The van der Waals surface area contributed by atoms with Gasteiger partial charge in [-0.25, -0.2) is 4.98 Å². The molecule has 2 nitrogen and oxygen atoms in total. The summed E-state index contributed by atoms with van der Waals surface area (Å²) in [5.74, 6) is 0.756. The highest BCUT2D eigenvalue weighted by Gasteiger charge is 2.04. The largest absolute Gasteiger partial charge is 0.487 e. The predicted molar refractivity (Wildman–Crippen MR) is 72.7 cm³/mol. The number of aromatic nitrogens is 1. The van der Waals surface area contributed by atoms with Crippen LogP contribution in [-0.2, 0) is 6.61 Å². The first-order chi connectivity index (χ1) is 8.15. The Bertz CT molecular complexity index is 516. The van der Waals surface area contributed by atoms with Crippen LogP contribution in [0.2, 0.25) is 10.2 Å². The number of benzene rings is 1. The average molecular weight is 333 g/mol. The summed E-state index contributed by atoms with van der Waals surface area (Å²) in [5.41, 5.74) is 0.627. The Morgan fingerprint density at radius 1 is 1.06 bits per heavy atom. The summed E-state index contributed by atoms with van der Waals surface area (Å²) in [4.78, 5) is 4.10. The third-order valence-corrected chi connectivity index (χ3v) is 3.16. The summed E-state index contributed by atoms with van der Waals surface area (Å²) < 4.78 is 6.56. The molecule has 0 aliphatic heterocycles. The van der Waals surface area contributed by atoms with Gasteiger partial charge >= 0.3 is 0 Å². The maximum absolute atomic E-state index is 5.98. The highest BCUT2D eigenvalue weighted by Crippen LogP contribution is 2.20. The Kier molecular flexibility index (Phi) is 4.26. The first-order valence-electron chi connectivity index (χ1n) is 4.84. The van der Waals surface area contributed by atoms with Crippen LogP contribution in [0.5, 0.6) is 5.75 Å². The number of hydrogen-bond acceptors (Lipinski definition) is 2. The molecule has 0 aliphatic rings. The zero-order valence-corrected chi connectivity index (χ0v) is 11.8. The van der Waals surface area contributed by atoms with Gasteiger partial charge in [0.15, 0.2) is 0 Å². The van der Waals surface area contributed by atoms with Gasteiger partial charge in [0.2, 0.25) is 0 Å². The number of rotatable bonds is 3. The third kappa shape index (κ3) is 3.60. The molecule has 0 saturated heterocycles. The van der Waals surface area contributed by atoms with Crippen LogP contribution < -0.4 is 4.74 Å². The van der Waals surface area contributed by atoms with E-state index in [-0.39, 0.29) is 0 Å². The number of halogens is 3. The van der Waals surface area contributed by atoms with Crippen molar-refractivity contribution in [3.05, 3.63) is 56.7 Å². The van der Waals surface area contributed by atoms with Crippen LogP contribution in [0.25, 0.3) is 0 Å². The fourth-order valence-corrected chi connectivity index (χ4v) is 1.83. The van der Waals surface area contributed by atoms with Crippen molar-refractivity contribution in [3.8, 4) is 5.75 Å². The van der Waals surface area contributed by atoms with E-state index in [1.54, 1.807) is 12.1 Å². The number of ether oxygens (including phenoxy) is 1. The zero-order chi connectivity index (χ0) is 12.3. The highest BCUT2D eigenvalue weighted by atomic mass is 79.9. The predicted octanol–water partition coefficient (Wildman–Crippen LogP) is 4.73. The lowest BCUT2D eigenvalue weighted by Gasteiger charge is -2.07. The minimum absolute atomic E-state index is 0.293. The van der Waals surface area contributed by atoms with Gasteiger partial charge in [0.25, 0.3) is 0 Å². The lowest BCUT2D eigenvalue weighted by Crippen LogP contribution is -1.99. The second-order valence-electron chi connectivity index (χ2n) is 3.31. The van der Waals surface area contributed by atoms with Gasteiger partial charge in [0, 0.05) is 4.47 Å². The Balaban J connectivity index is 2.07. The van der Waals surface area contributed by atoms with Gasteiger partial charge in [-0.05, 0) is 36.4 Å². The van der Waals surface area contributed by atoms with Crippen LogP contribution in [-0.4, -0.2) is 4.98 Å². The summed E-state index contributed by atoms with van der Waals surface area (Å²) >= 11 is 15.1. The van der Waals surface area contributed by atoms with E-state index in [0.717, 1.165) is 10.2 Å². The van der Waals surface area contributed by atoms with Crippen LogP contribution in [0, 0.1) is 0 Å². The van der Waals surface area contributed by atoms with E-state index in [0.29, 0.717) is 22.5 Å². The molecule has 0 saturated carbocycles. The second-order valence-corrected chi connectivity index (χ2v) is 5.02. The molecule has 0 aliphatic carbocycles. The molecule has 2 rings (SSSR count). The lowest BCUT2D eigenvalue weighted by molar-refractivity contribution is 0.301. The van der Waals surface area contributed by atoms with Gasteiger partial charge in [0.1, 0.15) is 17.5 Å². The quantitative estimate of drug-likeness (QED) is 0.758. The summed E-state index contributed by atoms with van der Waals surface area (Å²) in [6.07, 6.45) is 0. The van der Waals surface area contributed by atoms with Crippen LogP contribution in [0.3, 0.4) is 0 Å². The van der Waals surface area contributed by atoms with Crippen molar-refractivity contribution in [1.82, 2.24) is 4.98 Å². The fourth-order valence-electron chi connectivity index (χ4n) is 1.24. The SMILES string of the molecule is Clc1ccc(Cl)c(COc2ccc(Br)cc2)n1. The topological polar surface area (TPSA) is 22.1 Å². The molecule has 5 heteroatoms. The van der Waals surface area contributed by atoms with Crippen LogP contribution in [0.1, 0.15) is 5.69 Å². The summed E-state index contributed by atoms with van der Waals surface area (Å²) in [7, 11) is 0. The molecule has 1 heterocycles. The molecule has 2 aromatic rings. The monoisotopic (exact) mass is 331 g/mol. The first-order valence-corrected chi connectivity index (χ1v) is 6.39. The van der Waals surface area contributed by atoms with E-state index in [4.69, 9.17) is 27.9 Å².